The van der Waals surface area contributed by atoms with E-state index < -0.39 is 0 Å². The number of Topliss-reactive ketones (excluding diaryl/α,β-unsaturated/α-hetero) is 1. The van der Waals surface area contributed by atoms with Crippen molar-refractivity contribution in [3.05, 3.63) is 45.3 Å². The molecule has 2 aromatic heterocycles. The van der Waals surface area contributed by atoms with Gasteiger partial charge in [0.05, 0.1) is 11.4 Å². The molecule has 0 spiro atoms. The Kier molecular flexibility index (Phi) is 3.58. The average Bonchev–Trinajstić information content (AvgIpc) is 2.94. The normalized spacial score (nSPS) is 10.6. The lowest BCUT2D eigenvalue weighted by Crippen LogP contribution is -2.26. The van der Waals surface area contributed by atoms with Crippen LogP contribution in [0.5, 0.6) is 0 Å². The minimum atomic E-state index is -0.114. The van der Waals surface area contributed by atoms with Crippen molar-refractivity contribution >= 4 is 17.1 Å². The molecule has 0 atom stereocenters. The molecule has 0 N–H and O–H groups in total. The van der Waals surface area contributed by atoms with Crippen molar-refractivity contribution in [3.8, 4) is 0 Å². The van der Waals surface area contributed by atoms with E-state index in [1.54, 1.807) is 23.0 Å². The highest BCUT2D eigenvalue weighted by atomic mass is 32.1. The minimum absolute atomic E-state index is 0.0173. The number of carbonyl (C=O) groups is 1. The van der Waals surface area contributed by atoms with Crippen LogP contribution in [-0.2, 0) is 13.1 Å². The fourth-order valence-corrected chi connectivity index (χ4v) is 2.31. The van der Waals surface area contributed by atoms with Gasteiger partial charge in [-0.15, -0.1) is 11.3 Å². The highest BCUT2D eigenvalue weighted by Gasteiger charge is 2.10. The number of aromatic nitrogens is 2. The van der Waals surface area contributed by atoms with Crippen LogP contribution in [0.1, 0.15) is 23.0 Å². The SMILES string of the molecule is CCCn1ccn(CC(=O)c2cccs2)c1=O. The fraction of sp³-hybridized carbons (Fsp3) is 0.333. The third-order valence-corrected chi connectivity index (χ3v) is 3.40. The molecule has 90 valence electrons. The predicted octanol–water partition coefficient (Wildman–Crippen LogP) is 2.00. The smallest absolute Gasteiger partial charge is 0.299 e. The van der Waals surface area contributed by atoms with Gasteiger partial charge in [0.2, 0.25) is 0 Å². The quantitative estimate of drug-likeness (QED) is 0.762. The Hall–Kier alpha value is -1.62. The maximum Gasteiger partial charge on any atom is 0.328 e. The van der Waals surface area contributed by atoms with E-state index in [2.05, 4.69) is 0 Å². The minimum Gasteiger partial charge on any atom is -0.299 e. The molecule has 0 bridgehead atoms. The van der Waals surface area contributed by atoms with E-state index in [4.69, 9.17) is 0 Å². The molecule has 2 rings (SSSR count). The molecule has 5 heteroatoms. The van der Waals surface area contributed by atoms with Gasteiger partial charge in [-0.25, -0.2) is 4.79 Å². The van der Waals surface area contributed by atoms with E-state index >= 15 is 0 Å². The Morgan fingerprint density at radius 1 is 1.35 bits per heavy atom. The number of rotatable bonds is 5. The van der Waals surface area contributed by atoms with Crippen molar-refractivity contribution in [2.45, 2.75) is 26.4 Å². The molecular formula is C12H14N2O2S. The van der Waals surface area contributed by atoms with Crippen LogP contribution in [0.25, 0.3) is 0 Å². The highest BCUT2D eigenvalue weighted by Crippen LogP contribution is 2.09. The van der Waals surface area contributed by atoms with Gasteiger partial charge < -0.3 is 0 Å². The van der Waals surface area contributed by atoms with Crippen LogP contribution in [0.2, 0.25) is 0 Å². The first-order valence-corrected chi connectivity index (χ1v) is 6.42. The van der Waals surface area contributed by atoms with Crippen LogP contribution >= 0.6 is 11.3 Å². The highest BCUT2D eigenvalue weighted by molar-refractivity contribution is 7.12. The zero-order chi connectivity index (χ0) is 12.3. The summed E-state index contributed by atoms with van der Waals surface area (Å²) in [6.45, 7) is 2.83. The van der Waals surface area contributed by atoms with Crippen molar-refractivity contribution in [1.82, 2.24) is 9.13 Å². The molecule has 2 aromatic rings. The first-order chi connectivity index (χ1) is 8.22. The predicted molar refractivity (Wildman–Crippen MR) is 67.6 cm³/mol. The average molecular weight is 250 g/mol. The van der Waals surface area contributed by atoms with Crippen LogP contribution in [-0.4, -0.2) is 14.9 Å². The monoisotopic (exact) mass is 250 g/mol. The van der Waals surface area contributed by atoms with Crippen molar-refractivity contribution in [2.24, 2.45) is 0 Å². The molecule has 0 aliphatic heterocycles. The Morgan fingerprint density at radius 2 is 2.12 bits per heavy atom. The number of carbonyl (C=O) groups excluding carboxylic acids is 1. The largest absolute Gasteiger partial charge is 0.328 e. The number of hydrogen-bond donors (Lipinski definition) is 0. The van der Waals surface area contributed by atoms with Gasteiger partial charge in [-0.05, 0) is 17.9 Å². The third-order valence-electron chi connectivity index (χ3n) is 2.49. The van der Waals surface area contributed by atoms with E-state index in [0.717, 1.165) is 6.42 Å². The summed E-state index contributed by atoms with van der Waals surface area (Å²) < 4.78 is 3.08. The van der Waals surface area contributed by atoms with Gasteiger partial charge in [0.25, 0.3) is 0 Å². The number of thiophene rings is 1. The van der Waals surface area contributed by atoms with Gasteiger partial charge in [-0.3, -0.25) is 13.9 Å². The van der Waals surface area contributed by atoms with E-state index in [-0.39, 0.29) is 18.0 Å². The summed E-state index contributed by atoms with van der Waals surface area (Å²) in [5.41, 5.74) is -0.114. The number of imidazole rings is 1. The summed E-state index contributed by atoms with van der Waals surface area (Å²) in [6, 6.07) is 3.62. The van der Waals surface area contributed by atoms with Crippen LogP contribution in [0, 0.1) is 0 Å². The van der Waals surface area contributed by atoms with Crippen LogP contribution in [0.4, 0.5) is 0 Å². The van der Waals surface area contributed by atoms with Gasteiger partial charge >= 0.3 is 5.69 Å². The number of ketones is 1. The number of aryl methyl sites for hydroxylation is 1. The van der Waals surface area contributed by atoms with Crippen molar-refractivity contribution in [2.75, 3.05) is 0 Å². The van der Waals surface area contributed by atoms with Crippen LogP contribution in [0.15, 0.2) is 34.7 Å². The molecule has 0 radical (unpaired) electrons. The molecule has 0 saturated heterocycles. The molecule has 0 unspecified atom stereocenters. The zero-order valence-electron chi connectivity index (χ0n) is 9.63. The number of hydrogen-bond acceptors (Lipinski definition) is 3. The second-order valence-corrected chi connectivity index (χ2v) is 4.75. The Morgan fingerprint density at radius 3 is 2.76 bits per heavy atom. The maximum atomic E-state index is 11.8. The summed E-state index contributed by atoms with van der Waals surface area (Å²) in [4.78, 5) is 24.4. The summed E-state index contributed by atoms with van der Waals surface area (Å²) in [6.07, 6.45) is 4.31. The summed E-state index contributed by atoms with van der Waals surface area (Å²) >= 11 is 1.40. The Bertz CT molecular complexity index is 551. The second kappa shape index (κ2) is 5.14. The molecule has 17 heavy (non-hydrogen) atoms. The standard InChI is InChI=1S/C12H14N2O2S/c1-2-5-13-6-7-14(12(13)16)9-10(15)11-4-3-8-17-11/h3-4,6-8H,2,5,9H2,1H3. The molecule has 2 heterocycles. The molecule has 0 aliphatic rings. The van der Waals surface area contributed by atoms with Gasteiger partial charge in [0, 0.05) is 18.9 Å². The van der Waals surface area contributed by atoms with Gasteiger partial charge in [0.15, 0.2) is 5.78 Å². The van der Waals surface area contributed by atoms with Crippen LogP contribution < -0.4 is 5.69 Å². The molecular weight excluding hydrogens is 236 g/mol. The first-order valence-electron chi connectivity index (χ1n) is 5.54. The van der Waals surface area contributed by atoms with Crippen LogP contribution in [0.3, 0.4) is 0 Å². The van der Waals surface area contributed by atoms with E-state index in [9.17, 15) is 9.59 Å². The molecule has 0 aliphatic carbocycles. The molecule has 0 saturated carbocycles. The Balaban J connectivity index is 2.14. The first kappa shape index (κ1) is 11.9. The molecule has 0 fully saturated rings. The van der Waals surface area contributed by atoms with Crippen molar-refractivity contribution in [3.63, 3.8) is 0 Å². The lowest BCUT2D eigenvalue weighted by molar-refractivity contribution is 0.0974. The lowest BCUT2D eigenvalue weighted by Gasteiger charge is -1.99. The fourth-order valence-electron chi connectivity index (χ4n) is 1.65. The zero-order valence-corrected chi connectivity index (χ0v) is 10.4. The van der Waals surface area contributed by atoms with Gasteiger partial charge in [0.1, 0.15) is 0 Å². The van der Waals surface area contributed by atoms with Crippen molar-refractivity contribution in [1.29, 1.82) is 0 Å². The second-order valence-electron chi connectivity index (χ2n) is 3.80. The maximum absolute atomic E-state index is 11.8. The topological polar surface area (TPSA) is 44.0 Å². The third kappa shape index (κ3) is 2.55. The van der Waals surface area contributed by atoms with E-state index in [1.165, 1.54) is 15.9 Å². The van der Waals surface area contributed by atoms with Gasteiger partial charge in [-0.1, -0.05) is 13.0 Å². The molecule has 0 amide bonds. The summed E-state index contributed by atoms with van der Waals surface area (Å²) in [5.74, 6) is -0.0173. The summed E-state index contributed by atoms with van der Waals surface area (Å²) in [7, 11) is 0. The van der Waals surface area contributed by atoms with Crippen molar-refractivity contribution < 1.29 is 4.79 Å². The van der Waals surface area contributed by atoms with Gasteiger partial charge in [-0.2, -0.15) is 0 Å². The Labute approximate surface area is 103 Å². The lowest BCUT2D eigenvalue weighted by atomic mass is 10.3. The summed E-state index contributed by atoms with van der Waals surface area (Å²) in [5, 5.41) is 1.86. The molecule has 4 nitrogen and oxygen atoms in total. The van der Waals surface area contributed by atoms with E-state index in [1.807, 2.05) is 18.4 Å². The molecule has 0 aromatic carbocycles. The van der Waals surface area contributed by atoms with E-state index in [0.29, 0.717) is 11.4 Å². The number of nitrogens with zero attached hydrogens (tertiary/aromatic N) is 2.